The van der Waals surface area contributed by atoms with E-state index in [9.17, 15) is 5.11 Å². The number of piperidine rings is 1. The number of fused-ring (bicyclic) bond motifs is 2. The van der Waals surface area contributed by atoms with Crippen molar-refractivity contribution in [3.8, 4) is 0 Å². The lowest BCUT2D eigenvalue weighted by molar-refractivity contribution is -0.113. The highest BCUT2D eigenvalue weighted by atomic mass is 16.5. The minimum atomic E-state index is -0.628. The second-order valence-corrected chi connectivity index (χ2v) is 6.90. The Balaban J connectivity index is 2.01. The van der Waals surface area contributed by atoms with Crippen LogP contribution in [0, 0.1) is 0 Å². The fourth-order valence-corrected chi connectivity index (χ4v) is 3.87. The van der Waals surface area contributed by atoms with Gasteiger partial charge < -0.3 is 9.84 Å². The third-order valence-corrected chi connectivity index (χ3v) is 4.23. The van der Waals surface area contributed by atoms with Crippen molar-refractivity contribution < 1.29 is 9.84 Å². The van der Waals surface area contributed by atoms with Gasteiger partial charge >= 0.3 is 0 Å². The monoisotopic (exact) mass is 253 g/mol. The fraction of sp³-hybridized carbons (Fsp3) is 0.867. The molecule has 18 heavy (non-hydrogen) atoms. The zero-order valence-electron chi connectivity index (χ0n) is 12.0. The highest BCUT2D eigenvalue weighted by molar-refractivity contribution is 5.05. The van der Waals surface area contributed by atoms with E-state index < -0.39 is 5.60 Å². The van der Waals surface area contributed by atoms with Crippen molar-refractivity contribution in [1.82, 2.24) is 4.90 Å². The summed E-state index contributed by atoms with van der Waals surface area (Å²) in [6.07, 6.45) is 5.86. The average Bonchev–Trinajstić information content (AvgIpc) is 2.53. The molecule has 0 radical (unpaired) electrons. The van der Waals surface area contributed by atoms with E-state index in [2.05, 4.69) is 32.3 Å². The Labute approximate surface area is 111 Å². The van der Waals surface area contributed by atoms with Gasteiger partial charge in [0.1, 0.15) is 0 Å². The van der Waals surface area contributed by atoms with Crippen molar-refractivity contribution in [2.75, 3.05) is 13.2 Å². The number of rotatable bonds is 4. The first-order valence-corrected chi connectivity index (χ1v) is 7.05. The van der Waals surface area contributed by atoms with Crippen molar-refractivity contribution in [1.29, 1.82) is 0 Å². The van der Waals surface area contributed by atoms with Gasteiger partial charge in [0, 0.05) is 17.6 Å². The van der Waals surface area contributed by atoms with Gasteiger partial charge in [-0.1, -0.05) is 6.08 Å². The number of hydrogen-bond donors (Lipinski definition) is 1. The maximum atomic E-state index is 10.7. The molecular formula is C15H27NO2. The zero-order chi connectivity index (χ0) is 13.4. The molecule has 2 aliphatic rings. The lowest BCUT2D eigenvalue weighted by atomic mass is 9.84. The Morgan fingerprint density at radius 1 is 1.33 bits per heavy atom. The third-order valence-electron chi connectivity index (χ3n) is 4.23. The second-order valence-electron chi connectivity index (χ2n) is 6.90. The topological polar surface area (TPSA) is 32.7 Å². The van der Waals surface area contributed by atoms with E-state index in [1.54, 1.807) is 6.08 Å². The second kappa shape index (κ2) is 4.95. The molecule has 2 rings (SSSR count). The molecule has 1 unspecified atom stereocenters. The van der Waals surface area contributed by atoms with Crippen molar-refractivity contribution in [3.05, 3.63) is 12.7 Å². The number of nitrogens with zero attached hydrogens (tertiary/aromatic N) is 1. The van der Waals surface area contributed by atoms with E-state index in [0.29, 0.717) is 25.3 Å². The molecule has 3 nitrogen and oxygen atoms in total. The summed E-state index contributed by atoms with van der Waals surface area (Å²) in [5.41, 5.74) is -0.425. The molecule has 2 aliphatic heterocycles. The summed E-state index contributed by atoms with van der Waals surface area (Å²) in [5.74, 6) is 0. The first-order valence-electron chi connectivity index (χ1n) is 7.05. The minimum absolute atomic E-state index is 0.204. The molecule has 0 spiro atoms. The SMILES string of the molecule is C=CCOC[C@@]1(O)CC2CC[C@H](C1)N2C(C)(C)C. The lowest BCUT2D eigenvalue weighted by Crippen LogP contribution is -2.58. The van der Waals surface area contributed by atoms with E-state index in [-0.39, 0.29) is 5.54 Å². The maximum absolute atomic E-state index is 10.7. The van der Waals surface area contributed by atoms with Crippen LogP contribution < -0.4 is 0 Å². The number of aliphatic hydroxyl groups is 1. The first kappa shape index (κ1) is 14.0. The summed E-state index contributed by atoms with van der Waals surface area (Å²) >= 11 is 0. The van der Waals surface area contributed by atoms with E-state index in [0.717, 1.165) is 12.8 Å². The van der Waals surface area contributed by atoms with Crippen molar-refractivity contribution in [2.45, 2.75) is 69.7 Å². The number of ether oxygens (including phenoxy) is 1. The smallest absolute Gasteiger partial charge is 0.0910 e. The Kier molecular flexibility index (Phi) is 3.86. The Morgan fingerprint density at radius 2 is 1.89 bits per heavy atom. The van der Waals surface area contributed by atoms with Crippen LogP contribution in [-0.2, 0) is 4.74 Å². The lowest BCUT2D eigenvalue weighted by Gasteiger charge is -2.49. The van der Waals surface area contributed by atoms with Gasteiger partial charge in [-0.25, -0.2) is 0 Å². The summed E-state index contributed by atoms with van der Waals surface area (Å²) in [5, 5.41) is 10.7. The predicted octanol–water partition coefficient (Wildman–Crippen LogP) is 2.35. The molecule has 0 aromatic rings. The molecule has 3 heteroatoms. The van der Waals surface area contributed by atoms with Crippen LogP contribution in [0.25, 0.3) is 0 Å². The van der Waals surface area contributed by atoms with Crippen LogP contribution in [0.3, 0.4) is 0 Å². The molecule has 2 saturated heterocycles. The standard InChI is InChI=1S/C15H27NO2/c1-5-8-18-11-15(17)9-12-6-7-13(10-15)16(12)14(2,3)4/h5,12-13,17H,1,6-11H2,2-4H3/t12-,13?,15+/m1/s1. The summed E-state index contributed by atoms with van der Waals surface area (Å²) in [6, 6.07) is 1.03. The van der Waals surface area contributed by atoms with Crippen LogP contribution in [-0.4, -0.2) is 46.4 Å². The molecule has 2 bridgehead atoms. The highest BCUT2D eigenvalue weighted by Crippen LogP contribution is 2.44. The van der Waals surface area contributed by atoms with E-state index in [4.69, 9.17) is 4.74 Å². The quantitative estimate of drug-likeness (QED) is 0.616. The average molecular weight is 253 g/mol. The zero-order valence-corrected chi connectivity index (χ0v) is 12.0. The summed E-state index contributed by atoms with van der Waals surface area (Å²) in [4.78, 5) is 2.61. The van der Waals surface area contributed by atoms with Crippen LogP contribution in [0.2, 0.25) is 0 Å². The number of hydrogen-bond acceptors (Lipinski definition) is 3. The minimum Gasteiger partial charge on any atom is -0.387 e. The van der Waals surface area contributed by atoms with Crippen molar-refractivity contribution in [2.24, 2.45) is 0 Å². The van der Waals surface area contributed by atoms with Gasteiger partial charge in [-0.2, -0.15) is 0 Å². The third kappa shape index (κ3) is 2.79. The highest BCUT2D eigenvalue weighted by Gasteiger charge is 2.50. The molecule has 3 atom stereocenters. The molecule has 0 saturated carbocycles. The molecule has 0 aliphatic carbocycles. The van der Waals surface area contributed by atoms with Crippen LogP contribution in [0.5, 0.6) is 0 Å². The molecule has 1 N–H and O–H groups in total. The molecular weight excluding hydrogens is 226 g/mol. The molecule has 2 heterocycles. The van der Waals surface area contributed by atoms with Crippen LogP contribution in [0.1, 0.15) is 46.5 Å². The van der Waals surface area contributed by atoms with Gasteiger partial charge in [0.2, 0.25) is 0 Å². The fourth-order valence-electron chi connectivity index (χ4n) is 3.87. The first-order chi connectivity index (χ1) is 8.36. The van der Waals surface area contributed by atoms with Gasteiger partial charge in [-0.15, -0.1) is 6.58 Å². The van der Waals surface area contributed by atoms with Gasteiger partial charge in [-0.3, -0.25) is 4.90 Å². The van der Waals surface area contributed by atoms with E-state index in [1.165, 1.54) is 12.8 Å². The molecule has 104 valence electrons. The van der Waals surface area contributed by atoms with Crippen molar-refractivity contribution in [3.63, 3.8) is 0 Å². The maximum Gasteiger partial charge on any atom is 0.0910 e. The van der Waals surface area contributed by atoms with Gasteiger partial charge in [0.15, 0.2) is 0 Å². The van der Waals surface area contributed by atoms with Crippen LogP contribution in [0.4, 0.5) is 0 Å². The molecule has 0 aromatic carbocycles. The van der Waals surface area contributed by atoms with E-state index in [1.807, 2.05) is 0 Å². The Morgan fingerprint density at radius 3 is 2.33 bits per heavy atom. The van der Waals surface area contributed by atoms with Crippen LogP contribution >= 0.6 is 0 Å². The summed E-state index contributed by atoms with van der Waals surface area (Å²) in [7, 11) is 0. The molecule has 2 fully saturated rings. The largest absolute Gasteiger partial charge is 0.387 e. The summed E-state index contributed by atoms with van der Waals surface area (Å²) in [6.45, 7) is 11.4. The normalized spacial score (nSPS) is 36.9. The predicted molar refractivity (Wildman–Crippen MR) is 73.6 cm³/mol. The Hall–Kier alpha value is -0.380. The molecule has 0 aromatic heterocycles. The molecule has 0 amide bonds. The van der Waals surface area contributed by atoms with Gasteiger partial charge in [-0.05, 0) is 46.5 Å². The van der Waals surface area contributed by atoms with Gasteiger partial charge in [0.05, 0.1) is 18.8 Å². The van der Waals surface area contributed by atoms with Crippen molar-refractivity contribution >= 4 is 0 Å². The summed E-state index contributed by atoms with van der Waals surface area (Å²) < 4.78 is 5.48. The van der Waals surface area contributed by atoms with Crippen LogP contribution in [0.15, 0.2) is 12.7 Å². The van der Waals surface area contributed by atoms with Gasteiger partial charge in [0.25, 0.3) is 0 Å². The van der Waals surface area contributed by atoms with E-state index >= 15 is 0 Å². The Bertz CT molecular complexity index is 294.